The Labute approximate surface area is 125 Å². The molecule has 1 aromatic heterocycles. The smallest absolute Gasteiger partial charge is 0.416 e. The zero-order valence-corrected chi connectivity index (χ0v) is 11.7. The van der Waals surface area contributed by atoms with Crippen LogP contribution in [0.4, 0.5) is 18.9 Å². The number of amides is 1. The molecule has 0 spiro atoms. The molecule has 0 radical (unpaired) electrons. The van der Waals surface area contributed by atoms with Gasteiger partial charge >= 0.3 is 6.18 Å². The van der Waals surface area contributed by atoms with Gasteiger partial charge in [0.1, 0.15) is 6.54 Å². The van der Waals surface area contributed by atoms with E-state index in [9.17, 15) is 18.0 Å². The zero-order chi connectivity index (χ0) is 16.0. The van der Waals surface area contributed by atoms with Crippen molar-refractivity contribution in [3.05, 3.63) is 54.0 Å². The maximum absolute atomic E-state index is 12.6. The van der Waals surface area contributed by atoms with Crippen molar-refractivity contribution < 1.29 is 27.7 Å². The summed E-state index contributed by atoms with van der Waals surface area (Å²) in [6.07, 6.45) is -2.64. The Hall–Kier alpha value is -2.28. The van der Waals surface area contributed by atoms with Crippen molar-refractivity contribution in [3.63, 3.8) is 0 Å². The molecule has 2 rings (SSSR count). The molecule has 0 atom stereocenters. The second-order valence-electron chi connectivity index (χ2n) is 4.74. The van der Waals surface area contributed by atoms with Crippen molar-refractivity contribution in [2.45, 2.75) is 19.1 Å². The summed E-state index contributed by atoms with van der Waals surface area (Å²) in [6.45, 7) is 1.13. The second kappa shape index (κ2) is 7.13. The van der Waals surface area contributed by atoms with Crippen molar-refractivity contribution in [1.29, 1.82) is 0 Å². The summed E-state index contributed by atoms with van der Waals surface area (Å²) in [5.41, 5.74) is -0.638. The lowest BCUT2D eigenvalue weighted by atomic mass is 10.2. The molecule has 0 aliphatic heterocycles. The average Bonchev–Trinajstić information content (AvgIpc) is 2.96. The number of quaternary nitrogens is 1. The van der Waals surface area contributed by atoms with Crippen LogP contribution in [-0.4, -0.2) is 12.5 Å². The summed E-state index contributed by atoms with van der Waals surface area (Å²) in [6, 6.07) is 8.20. The molecule has 0 unspecified atom stereocenters. The molecule has 22 heavy (non-hydrogen) atoms. The van der Waals surface area contributed by atoms with Crippen LogP contribution in [0.25, 0.3) is 0 Å². The Morgan fingerprint density at radius 3 is 2.73 bits per heavy atom. The lowest BCUT2D eigenvalue weighted by Gasteiger charge is -2.09. The van der Waals surface area contributed by atoms with Crippen LogP contribution in [0, 0.1) is 0 Å². The molecular formula is C15H16F3N2O2+. The van der Waals surface area contributed by atoms with E-state index in [0.29, 0.717) is 13.1 Å². The fraction of sp³-hybridized carbons (Fsp3) is 0.267. The number of nitrogens with two attached hydrogens (primary N) is 1. The Morgan fingerprint density at radius 2 is 2.05 bits per heavy atom. The maximum Gasteiger partial charge on any atom is 0.416 e. The van der Waals surface area contributed by atoms with Gasteiger partial charge in [-0.1, -0.05) is 6.07 Å². The Bertz CT molecular complexity index is 610. The van der Waals surface area contributed by atoms with E-state index < -0.39 is 11.7 Å². The van der Waals surface area contributed by atoms with Crippen LogP contribution in [0.1, 0.15) is 17.7 Å². The lowest BCUT2D eigenvalue weighted by Crippen LogP contribution is -2.82. The molecule has 1 aromatic carbocycles. The average molecular weight is 313 g/mol. The van der Waals surface area contributed by atoms with Crippen LogP contribution in [0.3, 0.4) is 0 Å². The van der Waals surface area contributed by atoms with Crippen molar-refractivity contribution in [2.75, 3.05) is 11.9 Å². The lowest BCUT2D eigenvalue weighted by molar-refractivity contribution is -0.671. The number of hydrogen-bond donors (Lipinski definition) is 2. The standard InChI is InChI=1S/C15H15F3N2O2/c16-15(17,18)11-3-1-4-12(9-11)20-14(21)6-7-19-10-13-5-2-8-22-13/h1-5,8-9,19H,6-7,10H2,(H,20,21)/p+1. The van der Waals surface area contributed by atoms with Crippen molar-refractivity contribution >= 4 is 11.6 Å². The highest BCUT2D eigenvalue weighted by Crippen LogP contribution is 2.30. The molecule has 0 aliphatic carbocycles. The molecule has 0 aliphatic rings. The highest BCUT2D eigenvalue weighted by Gasteiger charge is 2.30. The normalized spacial score (nSPS) is 11.4. The Balaban J connectivity index is 1.77. The zero-order valence-electron chi connectivity index (χ0n) is 11.7. The van der Waals surface area contributed by atoms with Gasteiger partial charge in [-0.15, -0.1) is 0 Å². The van der Waals surface area contributed by atoms with Crippen molar-refractivity contribution in [3.8, 4) is 0 Å². The van der Waals surface area contributed by atoms with Gasteiger partial charge in [0.25, 0.3) is 0 Å². The van der Waals surface area contributed by atoms with E-state index in [1.54, 1.807) is 12.3 Å². The molecule has 2 aromatic rings. The van der Waals surface area contributed by atoms with E-state index in [-0.39, 0.29) is 18.0 Å². The van der Waals surface area contributed by atoms with Gasteiger partial charge in [0.15, 0.2) is 5.76 Å². The van der Waals surface area contributed by atoms with Crippen molar-refractivity contribution in [1.82, 2.24) is 0 Å². The van der Waals surface area contributed by atoms with Crippen LogP contribution < -0.4 is 10.6 Å². The van der Waals surface area contributed by atoms with Gasteiger partial charge in [0.2, 0.25) is 5.91 Å². The summed E-state index contributed by atoms with van der Waals surface area (Å²) in [7, 11) is 0. The molecular weight excluding hydrogens is 297 g/mol. The van der Waals surface area contributed by atoms with E-state index in [1.807, 2.05) is 11.4 Å². The predicted octanol–water partition coefficient (Wildman–Crippen LogP) is 2.39. The van der Waals surface area contributed by atoms with Crippen LogP contribution in [-0.2, 0) is 17.5 Å². The number of carbonyl (C=O) groups is 1. The number of nitrogens with one attached hydrogen (secondary N) is 1. The third kappa shape index (κ3) is 4.92. The van der Waals surface area contributed by atoms with Crippen LogP contribution >= 0.6 is 0 Å². The molecule has 118 valence electrons. The monoisotopic (exact) mass is 313 g/mol. The predicted molar refractivity (Wildman–Crippen MR) is 73.9 cm³/mol. The number of furan rings is 1. The topological polar surface area (TPSA) is 58.9 Å². The molecule has 3 N–H and O–H groups in total. The fourth-order valence-electron chi connectivity index (χ4n) is 1.90. The number of halogens is 3. The third-order valence-corrected chi connectivity index (χ3v) is 2.97. The second-order valence-corrected chi connectivity index (χ2v) is 4.74. The largest absolute Gasteiger partial charge is 0.463 e. The van der Waals surface area contributed by atoms with Gasteiger partial charge in [-0.05, 0) is 30.3 Å². The summed E-state index contributed by atoms with van der Waals surface area (Å²) >= 11 is 0. The number of benzene rings is 1. The van der Waals surface area contributed by atoms with Crippen LogP contribution in [0.5, 0.6) is 0 Å². The maximum atomic E-state index is 12.6. The Kier molecular flexibility index (Phi) is 5.21. The van der Waals surface area contributed by atoms with Crippen LogP contribution in [0.15, 0.2) is 47.1 Å². The summed E-state index contributed by atoms with van der Waals surface area (Å²) < 4.78 is 42.8. The van der Waals surface area contributed by atoms with Gasteiger partial charge < -0.3 is 15.1 Å². The number of anilines is 1. The van der Waals surface area contributed by atoms with E-state index in [1.165, 1.54) is 12.1 Å². The summed E-state index contributed by atoms with van der Waals surface area (Å²) in [5.74, 6) is 0.480. The number of rotatable bonds is 6. The first-order valence-electron chi connectivity index (χ1n) is 6.76. The molecule has 0 fully saturated rings. The van der Waals surface area contributed by atoms with E-state index in [4.69, 9.17) is 4.42 Å². The van der Waals surface area contributed by atoms with Gasteiger partial charge in [-0.2, -0.15) is 13.2 Å². The molecule has 4 nitrogen and oxygen atoms in total. The highest BCUT2D eigenvalue weighted by molar-refractivity contribution is 5.90. The van der Waals surface area contributed by atoms with Gasteiger partial charge in [-0.3, -0.25) is 4.79 Å². The molecule has 1 amide bonds. The minimum atomic E-state index is -4.42. The van der Waals surface area contributed by atoms with E-state index in [0.717, 1.165) is 17.9 Å². The molecule has 7 heteroatoms. The van der Waals surface area contributed by atoms with Gasteiger partial charge in [0, 0.05) is 5.69 Å². The molecule has 0 saturated carbocycles. The number of alkyl halides is 3. The van der Waals surface area contributed by atoms with Gasteiger partial charge in [-0.25, -0.2) is 0 Å². The first kappa shape index (κ1) is 16.1. The van der Waals surface area contributed by atoms with Crippen molar-refractivity contribution in [2.24, 2.45) is 0 Å². The quantitative estimate of drug-likeness (QED) is 0.805. The SMILES string of the molecule is O=C(CC[NH2+]Cc1ccco1)Nc1cccc(C(F)(F)F)c1. The number of carbonyl (C=O) groups excluding carboxylic acids is 1. The highest BCUT2D eigenvalue weighted by atomic mass is 19.4. The molecule has 0 bridgehead atoms. The van der Waals surface area contributed by atoms with Crippen LogP contribution in [0.2, 0.25) is 0 Å². The Morgan fingerprint density at radius 1 is 1.23 bits per heavy atom. The fourth-order valence-corrected chi connectivity index (χ4v) is 1.90. The van der Waals surface area contributed by atoms with E-state index in [2.05, 4.69) is 5.32 Å². The third-order valence-electron chi connectivity index (χ3n) is 2.97. The van der Waals surface area contributed by atoms with E-state index >= 15 is 0 Å². The minimum absolute atomic E-state index is 0.144. The minimum Gasteiger partial charge on any atom is -0.463 e. The first-order valence-corrected chi connectivity index (χ1v) is 6.76. The first-order chi connectivity index (χ1) is 10.4. The van der Waals surface area contributed by atoms with Gasteiger partial charge in [0.05, 0.1) is 24.8 Å². The summed E-state index contributed by atoms with van der Waals surface area (Å²) in [5, 5.41) is 4.36. The molecule has 0 saturated heterocycles. The number of hydrogen-bond acceptors (Lipinski definition) is 2. The molecule has 1 heterocycles. The summed E-state index contributed by atoms with van der Waals surface area (Å²) in [4.78, 5) is 11.7.